The maximum atomic E-state index is 12.1. The highest BCUT2D eigenvalue weighted by Crippen LogP contribution is 2.18. The standard InChI is InChI=1S/C14H18N4O5/c1-2-23-14(20)10-8-15-17-13(10)16-12(19)7-9-5-3-4-6-11(9)18(21)22/h3-6,10,13,15,17H,2,7-8H2,1H3,(H,16,19). The summed E-state index contributed by atoms with van der Waals surface area (Å²) in [7, 11) is 0. The van der Waals surface area contributed by atoms with Crippen LogP contribution in [-0.4, -0.2) is 36.1 Å². The number of nitro benzene ring substituents is 1. The van der Waals surface area contributed by atoms with Gasteiger partial charge >= 0.3 is 5.97 Å². The fourth-order valence-corrected chi connectivity index (χ4v) is 2.34. The molecular formula is C14H18N4O5. The number of para-hydroxylation sites is 1. The lowest BCUT2D eigenvalue weighted by Gasteiger charge is -2.18. The Bertz CT molecular complexity index is 607. The van der Waals surface area contributed by atoms with Crippen molar-refractivity contribution in [2.45, 2.75) is 19.5 Å². The van der Waals surface area contributed by atoms with E-state index in [1.165, 1.54) is 12.1 Å². The summed E-state index contributed by atoms with van der Waals surface area (Å²) >= 11 is 0. The first-order valence-electron chi connectivity index (χ1n) is 7.19. The Balaban J connectivity index is 1.99. The van der Waals surface area contributed by atoms with E-state index in [1.54, 1.807) is 19.1 Å². The smallest absolute Gasteiger partial charge is 0.313 e. The van der Waals surface area contributed by atoms with Crippen LogP contribution in [0.2, 0.25) is 0 Å². The maximum Gasteiger partial charge on any atom is 0.313 e. The lowest BCUT2D eigenvalue weighted by Crippen LogP contribution is -2.49. The second-order valence-corrected chi connectivity index (χ2v) is 4.99. The molecule has 124 valence electrons. The van der Waals surface area contributed by atoms with Gasteiger partial charge in [-0.2, -0.15) is 0 Å². The Hall–Kier alpha value is -2.52. The fourth-order valence-electron chi connectivity index (χ4n) is 2.34. The predicted octanol–water partition coefficient (Wildman–Crippen LogP) is -0.133. The molecule has 1 aromatic rings. The molecule has 1 amide bonds. The third-order valence-electron chi connectivity index (χ3n) is 3.43. The van der Waals surface area contributed by atoms with Gasteiger partial charge in [0.1, 0.15) is 12.1 Å². The number of amides is 1. The number of hydrogen-bond donors (Lipinski definition) is 3. The first-order valence-corrected chi connectivity index (χ1v) is 7.19. The molecule has 0 bridgehead atoms. The van der Waals surface area contributed by atoms with Gasteiger partial charge in [-0.25, -0.2) is 5.43 Å². The van der Waals surface area contributed by atoms with Crippen molar-refractivity contribution in [3.63, 3.8) is 0 Å². The van der Waals surface area contributed by atoms with Crippen LogP contribution in [0.4, 0.5) is 5.69 Å². The first-order chi connectivity index (χ1) is 11.0. The Morgan fingerprint density at radius 3 is 2.87 bits per heavy atom. The van der Waals surface area contributed by atoms with Crippen LogP contribution in [0.5, 0.6) is 0 Å². The summed E-state index contributed by atoms with van der Waals surface area (Å²) in [5.41, 5.74) is 5.77. The first kappa shape index (κ1) is 16.8. The van der Waals surface area contributed by atoms with Gasteiger partial charge < -0.3 is 10.1 Å². The molecule has 2 atom stereocenters. The maximum absolute atomic E-state index is 12.1. The lowest BCUT2D eigenvalue weighted by atomic mass is 10.1. The molecule has 0 radical (unpaired) electrons. The third-order valence-corrected chi connectivity index (χ3v) is 3.43. The molecule has 23 heavy (non-hydrogen) atoms. The van der Waals surface area contributed by atoms with E-state index in [-0.39, 0.29) is 18.7 Å². The Labute approximate surface area is 132 Å². The van der Waals surface area contributed by atoms with Crippen LogP contribution < -0.4 is 16.2 Å². The average Bonchev–Trinajstić information content (AvgIpc) is 2.95. The third kappa shape index (κ3) is 4.24. The molecule has 1 heterocycles. The normalized spacial score (nSPS) is 20.0. The number of carbonyl (C=O) groups excluding carboxylic acids is 2. The van der Waals surface area contributed by atoms with Crippen LogP contribution in [-0.2, 0) is 20.7 Å². The van der Waals surface area contributed by atoms with E-state index >= 15 is 0 Å². The summed E-state index contributed by atoms with van der Waals surface area (Å²) in [6, 6.07) is 6.05. The van der Waals surface area contributed by atoms with Crippen LogP contribution in [0.1, 0.15) is 12.5 Å². The number of ether oxygens (including phenoxy) is 1. The van der Waals surface area contributed by atoms with E-state index < -0.39 is 28.9 Å². The molecule has 0 spiro atoms. The van der Waals surface area contributed by atoms with Gasteiger partial charge in [-0.3, -0.25) is 25.1 Å². The molecule has 0 aromatic heterocycles. The monoisotopic (exact) mass is 322 g/mol. The van der Waals surface area contributed by atoms with Gasteiger partial charge in [-0.05, 0) is 6.92 Å². The zero-order valence-corrected chi connectivity index (χ0v) is 12.6. The number of hydrogen-bond acceptors (Lipinski definition) is 7. The van der Waals surface area contributed by atoms with Crippen molar-refractivity contribution in [3.05, 3.63) is 39.9 Å². The van der Waals surface area contributed by atoms with Crippen molar-refractivity contribution in [2.24, 2.45) is 5.92 Å². The van der Waals surface area contributed by atoms with Crippen LogP contribution in [0.25, 0.3) is 0 Å². The molecule has 0 saturated carbocycles. The van der Waals surface area contributed by atoms with E-state index in [2.05, 4.69) is 16.2 Å². The highest BCUT2D eigenvalue weighted by atomic mass is 16.6. The minimum atomic E-state index is -0.621. The number of nitrogens with zero attached hydrogens (tertiary/aromatic N) is 1. The highest BCUT2D eigenvalue weighted by molar-refractivity contribution is 5.81. The summed E-state index contributed by atoms with van der Waals surface area (Å²) in [4.78, 5) is 34.3. The van der Waals surface area contributed by atoms with Gasteiger partial charge in [0.2, 0.25) is 5.91 Å². The van der Waals surface area contributed by atoms with E-state index in [0.29, 0.717) is 12.1 Å². The zero-order chi connectivity index (χ0) is 16.8. The SMILES string of the molecule is CCOC(=O)C1CNNC1NC(=O)Cc1ccccc1[N+](=O)[O-]. The Morgan fingerprint density at radius 1 is 1.43 bits per heavy atom. The van der Waals surface area contributed by atoms with Gasteiger partial charge in [0, 0.05) is 18.2 Å². The minimum absolute atomic E-state index is 0.109. The summed E-state index contributed by atoms with van der Waals surface area (Å²) in [5.74, 6) is -1.39. The van der Waals surface area contributed by atoms with Crippen molar-refractivity contribution < 1.29 is 19.2 Å². The molecule has 9 heteroatoms. The number of rotatable bonds is 6. The molecule has 1 saturated heterocycles. The second-order valence-electron chi connectivity index (χ2n) is 4.99. The van der Waals surface area contributed by atoms with Gasteiger partial charge in [0.15, 0.2) is 0 Å². The van der Waals surface area contributed by atoms with Gasteiger partial charge in [-0.1, -0.05) is 18.2 Å². The fraction of sp³-hybridized carbons (Fsp3) is 0.429. The van der Waals surface area contributed by atoms with Crippen molar-refractivity contribution in [1.29, 1.82) is 0 Å². The van der Waals surface area contributed by atoms with E-state index in [1.807, 2.05) is 0 Å². The zero-order valence-electron chi connectivity index (χ0n) is 12.6. The molecule has 1 fully saturated rings. The Kier molecular flexibility index (Phi) is 5.61. The highest BCUT2D eigenvalue weighted by Gasteiger charge is 2.35. The molecule has 1 aromatic carbocycles. The second kappa shape index (κ2) is 7.65. The number of carbonyl (C=O) groups is 2. The Morgan fingerprint density at radius 2 is 2.17 bits per heavy atom. The molecule has 0 aliphatic carbocycles. The average molecular weight is 322 g/mol. The predicted molar refractivity (Wildman–Crippen MR) is 80.0 cm³/mol. The molecule has 2 unspecified atom stereocenters. The summed E-state index contributed by atoms with van der Waals surface area (Å²) < 4.78 is 4.95. The largest absolute Gasteiger partial charge is 0.466 e. The molecule has 1 aliphatic heterocycles. The van der Waals surface area contributed by atoms with E-state index in [0.717, 1.165) is 0 Å². The van der Waals surface area contributed by atoms with Gasteiger partial charge in [-0.15, -0.1) is 0 Å². The summed E-state index contributed by atoms with van der Waals surface area (Å²) in [5, 5.41) is 13.6. The van der Waals surface area contributed by atoms with Gasteiger partial charge in [0.05, 0.1) is 18.0 Å². The van der Waals surface area contributed by atoms with Crippen molar-refractivity contribution >= 4 is 17.6 Å². The molecule has 1 aliphatic rings. The van der Waals surface area contributed by atoms with Crippen molar-refractivity contribution in [1.82, 2.24) is 16.2 Å². The van der Waals surface area contributed by atoms with Crippen molar-refractivity contribution in [2.75, 3.05) is 13.2 Å². The number of benzene rings is 1. The van der Waals surface area contributed by atoms with E-state index in [9.17, 15) is 19.7 Å². The molecular weight excluding hydrogens is 304 g/mol. The number of nitrogens with one attached hydrogen (secondary N) is 3. The minimum Gasteiger partial charge on any atom is -0.466 e. The quantitative estimate of drug-likeness (QED) is 0.378. The van der Waals surface area contributed by atoms with E-state index in [4.69, 9.17) is 4.74 Å². The van der Waals surface area contributed by atoms with Crippen LogP contribution in [0.3, 0.4) is 0 Å². The van der Waals surface area contributed by atoms with Crippen molar-refractivity contribution in [3.8, 4) is 0 Å². The number of esters is 1. The number of nitro groups is 1. The molecule has 2 rings (SSSR count). The molecule has 3 N–H and O–H groups in total. The lowest BCUT2D eigenvalue weighted by molar-refractivity contribution is -0.385. The van der Waals surface area contributed by atoms with Crippen LogP contribution in [0.15, 0.2) is 24.3 Å². The van der Waals surface area contributed by atoms with Crippen LogP contribution in [0, 0.1) is 16.0 Å². The van der Waals surface area contributed by atoms with Gasteiger partial charge in [0.25, 0.3) is 5.69 Å². The topological polar surface area (TPSA) is 123 Å². The van der Waals surface area contributed by atoms with Crippen LogP contribution >= 0.6 is 0 Å². The molecule has 9 nitrogen and oxygen atoms in total. The number of hydrazine groups is 1. The summed E-state index contributed by atoms with van der Waals surface area (Å²) in [6.07, 6.45) is -0.769. The summed E-state index contributed by atoms with van der Waals surface area (Å²) in [6.45, 7) is 2.29.